The Bertz CT molecular complexity index is 1040. The summed E-state index contributed by atoms with van der Waals surface area (Å²) in [4.78, 5) is 6.78. The average Bonchev–Trinajstić information content (AvgIpc) is 3.22. The van der Waals surface area contributed by atoms with Gasteiger partial charge in [-0.2, -0.15) is 5.10 Å². The van der Waals surface area contributed by atoms with Gasteiger partial charge in [0.25, 0.3) is 0 Å². The number of hydrogen-bond donors (Lipinski definition) is 1. The number of rotatable bonds is 4. The van der Waals surface area contributed by atoms with E-state index >= 15 is 0 Å². The van der Waals surface area contributed by atoms with Gasteiger partial charge >= 0.3 is 0 Å². The molecule has 3 aromatic rings. The molecule has 154 valence electrons. The predicted molar refractivity (Wildman–Crippen MR) is 114 cm³/mol. The third-order valence-electron chi connectivity index (χ3n) is 6.26. The van der Waals surface area contributed by atoms with E-state index in [1.165, 1.54) is 18.5 Å². The van der Waals surface area contributed by atoms with Crippen molar-refractivity contribution in [3.8, 4) is 22.8 Å². The van der Waals surface area contributed by atoms with Gasteiger partial charge in [-0.05, 0) is 49.2 Å². The van der Waals surface area contributed by atoms with Crippen LogP contribution in [-0.4, -0.2) is 53.2 Å². The van der Waals surface area contributed by atoms with E-state index in [-0.39, 0.29) is 0 Å². The largest absolute Gasteiger partial charge is 0.472 e. The highest BCUT2D eigenvalue weighted by Crippen LogP contribution is 2.35. The fourth-order valence-electron chi connectivity index (χ4n) is 4.49. The van der Waals surface area contributed by atoms with E-state index in [9.17, 15) is 0 Å². The lowest BCUT2D eigenvalue weighted by Gasteiger charge is -2.38. The summed E-state index contributed by atoms with van der Waals surface area (Å²) in [5, 5.41) is 8.53. The lowest BCUT2D eigenvalue weighted by Crippen LogP contribution is -2.53. The van der Waals surface area contributed by atoms with Crippen LogP contribution in [0.3, 0.4) is 0 Å². The minimum atomic E-state index is 0.507. The molecule has 0 unspecified atom stereocenters. The second-order valence-electron chi connectivity index (χ2n) is 8.27. The number of fused-ring (bicyclic) bond motifs is 3. The first-order valence-corrected chi connectivity index (χ1v) is 10.7. The molecule has 7 nitrogen and oxygen atoms in total. The number of nitrogens with zero attached hydrogens (tertiary/aromatic N) is 4. The molecule has 3 aliphatic heterocycles. The molecule has 0 atom stereocenters. The van der Waals surface area contributed by atoms with Gasteiger partial charge in [0.2, 0.25) is 5.88 Å². The Hall–Kier alpha value is -2.90. The zero-order chi connectivity index (χ0) is 19.9. The van der Waals surface area contributed by atoms with Gasteiger partial charge in [-0.3, -0.25) is 0 Å². The normalized spacial score (nSPS) is 19.0. The van der Waals surface area contributed by atoms with Gasteiger partial charge in [0, 0.05) is 42.8 Å². The SMILES string of the molecule is c1cnc2c(c1)-c1nn(-c3ccc(N4CCC(NC5COC5)CC4)cc3)cc1CO2. The Morgan fingerprint density at radius 3 is 2.53 bits per heavy atom. The molecule has 0 aliphatic carbocycles. The van der Waals surface area contributed by atoms with Crippen molar-refractivity contribution in [2.45, 2.75) is 31.5 Å². The van der Waals surface area contributed by atoms with Crippen molar-refractivity contribution in [2.75, 3.05) is 31.2 Å². The van der Waals surface area contributed by atoms with Gasteiger partial charge in [-0.25, -0.2) is 9.67 Å². The van der Waals surface area contributed by atoms with Crippen molar-refractivity contribution in [3.63, 3.8) is 0 Å². The number of piperidine rings is 1. The van der Waals surface area contributed by atoms with Gasteiger partial charge in [0.15, 0.2) is 0 Å². The number of nitrogens with one attached hydrogen (secondary N) is 1. The third kappa shape index (κ3) is 3.24. The van der Waals surface area contributed by atoms with Crippen molar-refractivity contribution in [1.82, 2.24) is 20.1 Å². The second kappa shape index (κ2) is 7.41. The molecule has 1 aromatic carbocycles. The summed E-state index contributed by atoms with van der Waals surface area (Å²) in [5.74, 6) is 0.660. The molecule has 2 aromatic heterocycles. The van der Waals surface area contributed by atoms with Crippen LogP contribution in [0.1, 0.15) is 18.4 Å². The van der Waals surface area contributed by atoms with E-state index in [1.807, 2.05) is 16.8 Å². The first kappa shape index (κ1) is 17.9. The van der Waals surface area contributed by atoms with E-state index < -0.39 is 0 Å². The maximum atomic E-state index is 5.76. The molecule has 0 radical (unpaired) electrons. The molecule has 5 heterocycles. The first-order valence-electron chi connectivity index (χ1n) is 10.7. The van der Waals surface area contributed by atoms with Crippen LogP contribution < -0.4 is 15.0 Å². The van der Waals surface area contributed by atoms with Crippen molar-refractivity contribution in [1.29, 1.82) is 0 Å². The molecule has 30 heavy (non-hydrogen) atoms. The monoisotopic (exact) mass is 403 g/mol. The minimum absolute atomic E-state index is 0.507. The number of hydrogen-bond acceptors (Lipinski definition) is 6. The van der Waals surface area contributed by atoms with E-state index in [1.54, 1.807) is 6.20 Å². The zero-order valence-corrected chi connectivity index (χ0v) is 16.8. The summed E-state index contributed by atoms with van der Waals surface area (Å²) in [6.45, 7) is 4.41. The molecular weight excluding hydrogens is 378 g/mol. The van der Waals surface area contributed by atoms with E-state index in [0.29, 0.717) is 24.6 Å². The maximum absolute atomic E-state index is 5.76. The van der Waals surface area contributed by atoms with Crippen LogP contribution in [0.25, 0.3) is 16.9 Å². The van der Waals surface area contributed by atoms with E-state index in [2.05, 4.69) is 45.7 Å². The maximum Gasteiger partial charge on any atom is 0.223 e. The Morgan fingerprint density at radius 1 is 0.967 bits per heavy atom. The van der Waals surface area contributed by atoms with Crippen LogP contribution in [0, 0.1) is 0 Å². The summed E-state index contributed by atoms with van der Waals surface area (Å²) < 4.78 is 13.0. The molecule has 1 N–H and O–H groups in total. The number of aromatic nitrogens is 3. The lowest BCUT2D eigenvalue weighted by molar-refractivity contribution is -0.0111. The van der Waals surface area contributed by atoms with Crippen LogP contribution in [0.5, 0.6) is 5.88 Å². The summed E-state index contributed by atoms with van der Waals surface area (Å²) in [6, 6.07) is 13.8. The Kier molecular flexibility index (Phi) is 4.43. The summed E-state index contributed by atoms with van der Waals surface area (Å²) in [5.41, 5.74) is 5.34. The van der Waals surface area contributed by atoms with Gasteiger partial charge in [-0.1, -0.05) is 0 Å². The molecule has 7 heteroatoms. The lowest BCUT2D eigenvalue weighted by atomic mass is 10.0. The molecule has 2 fully saturated rings. The summed E-state index contributed by atoms with van der Waals surface area (Å²) in [7, 11) is 0. The van der Waals surface area contributed by atoms with Crippen LogP contribution >= 0.6 is 0 Å². The average molecular weight is 403 g/mol. The highest BCUT2D eigenvalue weighted by molar-refractivity contribution is 5.69. The standard InChI is InChI=1S/C23H25N5O2/c1-2-21-22-16(13-30-23(21)24-9-1)12-28(26-22)20-5-3-19(4-6-20)27-10-7-17(8-11-27)25-18-14-29-15-18/h1-6,9,12,17-18,25H,7-8,10-11,13-15H2. The fourth-order valence-corrected chi connectivity index (χ4v) is 4.49. The van der Waals surface area contributed by atoms with Crippen LogP contribution in [0.15, 0.2) is 48.8 Å². The molecule has 0 amide bonds. The Labute approximate surface area is 175 Å². The molecule has 2 saturated heterocycles. The third-order valence-corrected chi connectivity index (χ3v) is 6.26. The number of anilines is 1. The van der Waals surface area contributed by atoms with Crippen molar-refractivity contribution >= 4 is 5.69 Å². The predicted octanol–water partition coefficient (Wildman–Crippen LogP) is 2.78. The smallest absolute Gasteiger partial charge is 0.223 e. The van der Waals surface area contributed by atoms with Gasteiger partial charge in [-0.15, -0.1) is 0 Å². The van der Waals surface area contributed by atoms with Gasteiger partial charge in [0.05, 0.1) is 30.5 Å². The fraction of sp³-hybridized carbons (Fsp3) is 0.391. The van der Waals surface area contributed by atoms with Crippen LogP contribution in [0.4, 0.5) is 5.69 Å². The van der Waals surface area contributed by atoms with E-state index in [4.69, 9.17) is 14.6 Å². The highest BCUT2D eigenvalue weighted by atomic mass is 16.5. The Morgan fingerprint density at radius 2 is 1.77 bits per heavy atom. The molecule has 3 aliphatic rings. The summed E-state index contributed by atoms with van der Waals surface area (Å²) in [6.07, 6.45) is 6.16. The molecular formula is C23H25N5O2. The number of ether oxygens (including phenoxy) is 2. The first-order chi connectivity index (χ1) is 14.8. The molecule has 0 bridgehead atoms. The highest BCUT2D eigenvalue weighted by Gasteiger charge is 2.26. The molecule has 6 rings (SSSR count). The molecule has 0 saturated carbocycles. The van der Waals surface area contributed by atoms with Crippen molar-refractivity contribution in [2.24, 2.45) is 0 Å². The minimum Gasteiger partial charge on any atom is -0.472 e. The van der Waals surface area contributed by atoms with Crippen molar-refractivity contribution in [3.05, 3.63) is 54.4 Å². The van der Waals surface area contributed by atoms with Gasteiger partial charge < -0.3 is 19.7 Å². The summed E-state index contributed by atoms with van der Waals surface area (Å²) >= 11 is 0. The van der Waals surface area contributed by atoms with Crippen LogP contribution in [-0.2, 0) is 11.3 Å². The topological polar surface area (TPSA) is 64.4 Å². The zero-order valence-electron chi connectivity index (χ0n) is 16.8. The van der Waals surface area contributed by atoms with Crippen LogP contribution in [0.2, 0.25) is 0 Å². The Balaban J connectivity index is 1.15. The molecule has 0 spiro atoms. The second-order valence-corrected chi connectivity index (χ2v) is 8.27. The number of benzene rings is 1. The van der Waals surface area contributed by atoms with E-state index in [0.717, 1.165) is 48.8 Å². The quantitative estimate of drug-likeness (QED) is 0.723. The van der Waals surface area contributed by atoms with Gasteiger partial charge in [0.1, 0.15) is 12.3 Å². The number of pyridine rings is 1. The van der Waals surface area contributed by atoms with Crippen molar-refractivity contribution < 1.29 is 9.47 Å².